The summed E-state index contributed by atoms with van der Waals surface area (Å²) in [5.74, 6) is 2.70. The van der Waals surface area contributed by atoms with E-state index in [1.807, 2.05) is 31.5 Å². The van der Waals surface area contributed by atoms with E-state index in [1.165, 1.54) is 0 Å². The number of rotatable bonds is 7. The number of aryl methyl sites for hydroxylation is 3. The summed E-state index contributed by atoms with van der Waals surface area (Å²) in [4.78, 5) is 16.4. The van der Waals surface area contributed by atoms with E-state index in [-0.39, 0.29) is 0 Å². The van der Waals surface area contributed by atoms with Gasteiger partial charge in [-0.3, -0.25) is 4.98 Å². The van der Waals surface area contributed by atoms with E-state index < -0.39 is 0 Å². The molecule has 0 saturated heterocycles. The SMILES string of the molecule is CCc1nc(-c2nccn2CCCOc2cccnc2)c(C)[nH]1. The molecule has 0 unspecified atom stereocenters. The van der Waals surface area contributed by atoms with Crippen molar-refractivity contribution in [1.82, 2.24) is 24.5 Å². The van der Waals surface area contributed by atoms with Crippen LogP contribution in [0.3, 0.4) is 0 Å². The predicted octanol–water partition coefficient (Wildman–Crippen LogP) is 3.01. The van der Waals surface area contributed by atoms with Gasteiger partial charge in [-0.15, -0.1) is 0 Å². The summed E-state index contributed by atoms with van der Waals surface area (Å²) < 4.78 is 7.80. The van der Waals surface area contributed by atoms with Crippen LogP contribution in [0.4, 0.5) is 0 Å². The van der Waals surface area contributed by atoms with Crippen molar-refractivity contribution in [2.45, 2.75) is 33.2 Å². The van der Waals surface area contributed by atoms with E-state index in [1.54, 1.807) is 12.4 Å². The molecule has 3 aromatic rings. The molecule has 120 valence electrons. The Bertz CT molecular complexity index is 747. The fourth-order valence-electron chi connectivity index (χ4n) is 2.47. The number of imidazole rings is 2. The summed E-state index contributed by atoms with van der Waals surface area (Å²) in [6.45, 7) is 5.60. The van der Waals surface area contributed by atoms with Gasteiger partial charge in [-0.05, 0) is 25.5 Å². The van der Waals surface area contributed by atoms with Crippen LogP contribution in [0.15, 0.2) is 36.9 Å². The Morgan fingerprint density at radius 1 is 1.30 bits per heavy atom. The maximum absolute atomic E-state index is 5.68. The molecule has 3 heterocycles. The van der Waals surface area contributed by atoms with Crippen molar-refractivity contribution in [2.75, 3.05) is 6.61 Å². The number of H-pyrrole nitrogens is 1. The van der Waals surface area contributed by atoms with Crippen molar-refractivity contribution in [3.8, 4) is 17.3 Å². The van der Waals surface area contributed by atoms with Crippen molar-refractivity contribution >= 4 is 0 Å². The molecule has 0 amide bonds. The molecule has 3 aromatic heterocycles. The topological polar surface area (TPSA) is 68.6 Å². The minimum Gasteiger partial charge on any atom is -0.492 e. The van der Waals surface area contributed by atoms with Crippen LogP contribution in [0, 0.1) is 6.92 Å². The number of aromatic nitrogens is 5. The van der Waals surface area contributed by atoms with Crippen LogP contribution in [-0.2, 0) is 13.0 Å². The highest BCUT2D eigenvalue weighted by Crippen LogP contribution is 2.20. The summed E-state index contributed by atoms with van der Waals surface area (Å²) >= 11 is 0. The summed E-state index contributed by atoms with van der Waals surface area (Å²) in [6.07, 6.45) is 9.04. The van der Waals surface area contributed by atoms with Crippen LogP contribution >= 0.6 is 0 Å². The lowest BCUT2D eigenvalue weighted by Crippen LogP contribution is -2.06. The zero-order chi connectivity index (χ0) is 16.1. The molecule has 0 aromatic carbocycles. The van der Waals surface area contributed by atoms with Gasteiger partial charge in [-0.2, -0.15) is 0 Å². The van der Waals surface area contributed by atoms with E-state index in [0.717, 1.165) is 48.2 Å². The van der Waals surface area contributed by atoms with E-state index in [4.69, 9.17) is 4.74 Å². The van der Waals surface area contributed by atoms with Crippen molar-refractivity contribution in [3.63, 3.8) is 0 Å². The molecule has 3 rings (SSSR count). The molecule has 23 heavy (non-hydrogen) atoms. The molecule has 6 heteroatoms. The summed E-state index contributed by atoms with van der Waals surface area (Å²) in [6, 6.07) is 3.78. The first kappa shape index (κ1) is 15.3. The fraction of sp³-hybridized carbons (Fsp3) is 0.353. The normalized spacial score (nSPS) is 10.9. The number of nitrogens with one attached hydrogen (secondary N) is 1. The average molecular weight is 311 g/mol. The lowest BCUT2D eigenvalue weighted by Gasteiger charge is -2.08. The molecule has 0 radical (unpaired) electrons. The molecule has 0 saturated carbocycles. The van der Waals surface area contributed by atoms with Gasteiger partial charge in [-0.1, -0.05) is 6.92 Å². The molecule has 0 fully saturated rings. The van der Waals surface area contributed by atoms with Gasteiger partial charge in [0.05, 0.1) is 12.8 Å². The van der Waals surface area contributed by atoms with Crippen molar-refractivity contribution < 1.29 is 4.74 Å². The first-order chi connectivity index (χ1) is 11.3. The molecular weight excluding hydrogens is 290 g/mol. The Balaban J connectivity index is 1.61. The van der Waals surface area contributed by atoms with Gasteiger partial charge in [0.15, 0.2) is 5.82 Å². The summed E-state index contributed by atoms with van der Waals surface area (Å²) in [7, 11) is 0. The third-order valence-corrected chi connectivity index (χ3v) is 3.64. The monoisotopic (exact) mass is 311 g/mol. The van der Waals surface area contributed by atoms with Gasteiger partial charge in [0, 0.05) is 37.3 Å². The third kappa shape index (κ3) is 3.59. The lowest BCUT2D eigenvalue weighted by atomic mass is 10.3. The maximum Gasteiger partial charge on any atom is 0.160 e. The molecule has 0 bridgehead atoms. The van der Waals surface area contributed by atoms with Crippen LogP contribution in [0.1, 0.15) is 24.9 Å². The number of aromatic amines is 1. The van der Waals surface area contributed by atoms with Crippen LogP contribution in [-0.4, -0.2) is 31.1 Å². The van der Waals surface area contributed by atoms with Gasteiger partial charge in [-0.25, -0.2) is 9.97 Å². The summed E-state index contributed by atoms with van der Waals surface area (Å²) in [5, 5.41) is 0. The first-order valence-corrected chi connectivity index (χ1v) is 7.87. The Labute approximate surface area is 135 Å². The molecule has 0 aliphatic heterocycles. The summed E-state index contributed by atoms with van der Waals surface area (Å²) in [5.41, 5.74) is 1.99. The highest BCUT2D eigenvalue weighted by atomic mass is 16.5. The van der Waals surface area contributed by atoms with Gasteiger partial charge in [0.1, 0.15) is 17.3 Å². The van der Waals surface area contributed by atoms with Gasteiger partial charge in [0.25, 0.3) is 0 Å². The molecule has 1 N–H and O–H groups in total. The molecular formula is C17H21N5O. The van der Waals surface area contributed by atoms with Crippen LogP contribution < -0.4 is 4.74 Å². The molecule has 0 spiro atoms. The van der Waals surface area contributed by atoms with Crippen LogP contribution in [0.2, 0.25) is 0 Å². The second kappa shape index (κ2) is 7.09. The van der Waals surface area contributed by atoms with Crippen molar-refractivity contribution in [3.05, 3.63) is 48.4 Å². The zero-order valence-electron chi connectivity index (χ0n) is 13.5. The standard InChI is InChI=1S/C17H21N5O/c1-3-15-20-13(2)16(21-15)17-19-8-10-22(17)9-5-11-23-14-6-4-7-18-12-14/h4,6-8,10,12H,3,5,9,11H2,1-2H3,(H,20,21). The quantitative estimate of drug-likeness (QED) is 0.681. The maximum atomic E-state index is 5.68. The molecule has 0 atom stereocenters. The van der Waals surface area contributed by atoms with E-state index in [2.05, 4.69) is 31.4 Å². The number of pyridine rings is 1. The lowest BCUT2D eigenvalue weighted by molar-refractivity contribution is 0.301. The molecule has 6 nitrogen and oxygen atoms in total. The van der Waals surface area contributed by atoms with Crippen molar-refractivity contribution in [1.29, 1.82) is 0 Å². The highest BCUT2D eigenvalue weighted by Gasteiger charge is 2.13. The minimum atomic E-state index is 0.642. The van der Waals surface area contributed by atoms with Gasteiger partial charge < -0.3 is 14.3 Å². The van der Waals surface area contributed by atoms with E-state index in [9.17, 15) is 0 Å². The zero-order valence-corrected chi connectivity index (χ0v) is 13.5. The van der Waals surface area contributed by atoms with Crippen molar-refractivity contribution in [2.24, 2.45) is 0 Å². The van der Waals surface area contributed by atoms with Crippen LogP contribution in [0.25, 0.3) is 11.5 Å². The Hall–Kier alpha value is -2.63. The number of nitrogens with zero attached hydrogens (tertiary/aromatic N) is 4. The van der Waals surface area contributed by atoms with Gasteiger partial charge in [0.2, 0.25) is 0 Å². The number of hydrogen-bond donors (Lipinski definition) is 1. The largest absolute Gasteiger partial charge is 0.492 e. The third-order valence-electron chi connectivity index (χ3n) is 3.64. The second-order valence-corrected chi connectivity index (χ2v) is 5.35. The van der Waals surface area contributed by atoms with E-state index in [0.29, 0.717) is 6.61 Å². The Morgan fingerprint density at radius 2 is 2.22 bits per heavy atom. The average Bonchev–Trinajstić information content (AvgIpc) is 3.18. The highest BCUT2D eigenvalue weighted by molar-refractivity contribution is 5.53. The second-order valence-electron chi connectivity index (χ2n) is 5.35. The smallest absolute Gasteiger partial charge is 0.160 e. The number of hydrogen-bond acceptors (Lipinski definition) is 4. The Morgan fingerprint density at radius 3 is 2.96 bits per heavy atom. The van der Waals surface area contributed by atoms with Gasteiger partial charge >= 0.3 is 0 Å². The fourth-order valence-corrected chi connectivity index (χ4v) is 2.47. The predicted molar refractivity (Wildman–Crippen MR) is 88.3 cm³/mol. The van der Waals surface area contributed by atoms with E-state index >= 15 is 0 Å². The minimum absolute atomic E-state index is 0.642. The number of ether oxygens (including phenoxy) is 1. The molecule has 0 aliphatic rings. The van der Waals surface area contributed by atoms with Crippen LogP contribution in [0.5, 0.6) is 5.75 Å². The first-order valence-electron chi connectivity index (χ1n) is 7.87. The Kier molecular flexibility index (Phi) is 4.71. The molecule has 0 aliphatic carbocycles.